The van der Waals surface area contributed by atoms with E-state index in [2.05, 4.69) is 10.1 Å². The molecule has 4 aromatic rings. The molecular formula is C21H15F2NO4. The number of methoxy groups -OCH3 is 1. The smallest absolute Gasteiger partial charge is 0.387 e. The Hall–Kier alpha value is -3.61. The van der Waals surface area contributed by atoms with Crippen molar-refractivity contribution >= 4 is 33.5 Å². The van der Waals surface area contributed by atoms with Crippen LogP contribution in [0, 0.1) is 0 Å². The van der Waals surface area contributed by atoms with Crippen molar-refractivity contribution in [2.24, 2.45) is 0 Å². The standard InChI is InChI=1S/C21H15F2NO4/c1-26-19-10-15-14-4-2-3-5-17(14)28-18(15)11-16(19)24-20(25)12-6-8-13(9-7-12)27-21(22)23/h2-11,21H,1H3,(H,24,25). The summed E-state index contributed by atoms with van der Waals surface area (Å²) >= 11 is 0. The summed E-state index contributed by atoms with van der Waals surface area (Å²) in [6.07, 6.45) is 0. The maximum atomic E-state index is 12.5. The topological polar surface area (TPSA) is 60.7 Å². The molecule has 0 bridgehead atoms. The summed E-state index contributed by atoms with van der Waals surface area (Å²) in [5, 5.41) is 4.58. The van der Waals surface area contributed by atoms with Gasteiger partial charge in [-0.3, -0.25) is 4.79 Å². The molecule has 0 radical (unpaired) electrons. The molecule has 4 rings (SSSR count). The Morgan fingerprint density at radius 2 is 1.75 bits per heavy atom. The summed E-state index contributed by atoms with van der Waals surface area (Å²) < 4.78 is 40.0. The second-order valence-corrected chi connectivity index (χ2v) is 6.00. The highest BCUT2D eigenvalue weighted by Crippen LogP contribution is 2.36. The van der Waals surface area contributed by atoms with E-state index in [4.69, 9.17) is 9.15 Å². The molecule has 0 saturated heterocycles. The van der Waals surface area contributed by atoms with E-state index >= 15 is 0 Å². The predicted molar refractivity (Wildman–Crippen MR) is 101 cm³/mol. The maximum Gasteiger partial charge on any atom is 0.387 e. The van der Waals surface area contributed by atoms with Crippen molar-refractivity contribution < 1.29 is 27.5 Å². The number of benzene rings is 3. The molecule has 1 heterocycles. The molecule has 1 N–H and O–H groups in total. The molecule has 1 aromatic heterocycles. The highest BCUT2D eigenvalue weighted by atomic mass is 19.3. The Balaban J connectivity index is 1.64. The minimum Gasteiger partial charge on any atom is -0.495 e. The van der Waals surface area contributed by atoms with Crippen LogP contribution >= 0.6 is 0 Å². The van der Waals surface area contributed by atoms with Crippen molar-refractivity contribution in [2.75, 3.05) is 12.4 Å². The van der Waals surface area contributed by atoms with Crippen LogP contribution in [-0.4, -0.2) is 19.6 Å². The first kappa shape index (κ1) is 17.8. The molecule has 28 heavy (non-hydrogen) atoms. The van der Waals surface area contributed by atoms with Gasteiger partial charge in [-0.05, 0) is 36.4 Å². The number of hydrogen-bond acceptors (Lipinski definition) is 4. The van der Waals surface area contributed by atoms with Gasteiger partial charge in [0.15, 0.2) is 0 Å². The number of rotatable bonds is 5. The normalized spacial score (nSPS) is 11.1. The minimum atomic E-state index is -2.92. The van der Waals surface area contributed by atoms with E-state index in [1.807, 2.05) is 24.3 Å². The fourth-order valence-electron chi connectivity index (χ4n) is 3.00. The van der Waals surface area contributed by atoms with E-state index in [0.717, 1.165) is 16.4 Å². The largest absolute Gasteiger partial charge is 0.495 e. The molecule has 5 nitrogen and oxygen atoms in total. The van der Waals surface area contributed by atoms with E-state index < -0.39 is 12.5 Å². The summed E-state index contributed by atoms with van der Waals surface area (Å²) in [7, 11) is 1.51. The van der Waals surface area contributed by atoms with Gasteiger partial charge in [-0.1, -0.05) is 18.2 Å². The number of hydrogen-bond donors (Lipinski definition) is 1. The zero-order chi connectivity index (χ0) is 19.7. The number of anilines is 1. The van der Waals surface area contributed by atoms with Gasteiger partial charge in [0.25, 0.3) is 5.91 Å². The van der Waals surface area contributed by atoms with Gasteiger partial charge < -0.3 is 19.2 Å². The van der Waals surface area contributed by atoms with E-state index in [1.54, 1.807) is 12.1 Å². The van der Waals surface area contributed by atoms with Gasteiger partial charge in [0, 0.05) is 22.4 Å². The molecule has 0 aliphatic rings. The van der Waals surface area contributed by atoms with Gasteiger partial charge in [-0.25, -0.2) is 0 Å². The zero-order valence-electron chi connectivity index (χ0n) is 14.7. The van der Waals surface area contributed by atoms with Crippen molar-refractivity contribution in [3.8, 4) is 11.5 Å². The van der Waals surface area contributed by atoms with Gasteiger partial charge in [0.05, 0.1) is 12.8 Å². The molecule has 0 spiro atoms. The third-order valence-corrected chi connectivity index (χ3v) is 4.29. The lowest BCUT2D eigenvalue weighted by Crippen LogP contribution is -2.12. The second-order valence-electron chi connectivity index (χ2n) is 6.00. The van der Waals surface area contributed by atoms with Gasteiger partial charge in [-0.2, -0.15) is 8.78 Å². The lowest BCUT2D eigenvalue weighted by molar-refractivity contribution is -0.0498. The van der Waals surface area contributed by atoms with Crippen LogP contribution in [0.1, 0.15) is 10.4 Å². The monoisotopic (exact) mass is 383 g/mol. The maximum absolute atomic E-state index is 12.5. The van der Waals surface area contributed by atoms with Crippen LogP contribution in [0.5, 0.6) is 11.5 Å². The number of para-hydroxylation sites is 1. The summed E-state index contributed by atoms with van der Waals surface area (Å²) in [6, 6.07) is 16.5. The minimum absolute atomic E-state index is 0.0205. The van der Waals surface area contributed by atoms with E-state index in [0.29, 0.717) is 17.0 Å². The van der Waals surface area contributed by atoms with E-state index in [9.17, 15) is 13.6 Å². The molecule has 0 aliphatic heterocycles. The van der Waals surface area contributed by atoms with Crippen LogP contribution in [0.15, 0.2) is 65.1 Å². The lowest BCUT2D eigenvalue weighted by atomic mass is 10.1. The van der Waals surface area contributed by atoms with Gasteiger partial charge in [-0.15, -0.1) is 0 Å². The Morgan fingerprint density at radius 3 is 2.46 bits per heavy atom. The first-order chi connectivity index (χ1) is 13.5. The van der Waals surface area contributed by atoms with Crippen LogP contribution in [0.4, 0.5) is 14.5 Å². The lowest BCUT2D eigenvalue weighted by Gasteiger charge is -2.11. The highest BCUT2D eigenvalue weighted by Gasteiger charge is 2.15. The van der Waals surface area contributed by atoms with Crippen LogP contribution < -0.4 is 14.8 Å². The molecule has 0 saturated carbocycles. The van der Waals surface area contributed by atoms with Gasteiger partial charge in [0.1, 0.15) is 22.7 Å². The number of carbonyl (C=O) groups excluding carboxylic acids is 1. The molecular weight excluding hydrogens is 368 g/mol. The number of nitrogens with one attached hydrogen (secondary N) is 1. The fourth-order valence-corrected chi connectivity index (χ4v) is 3.00. The summed E-state index contributed by atoms with van der Waals surface area (Å²) in [5.74, 6) is 0.0373. The third kappa shape index (κ3) is 3.34. The highest BCUT2D eigenvalue weighted by molar-refractivity contribution is 6.10. The van der Waals surface area contributed by atoms with Crippen molar-refractivity contribution in [1.29, 1.82) is 0 Å². The number of furan rings is 1. The molecule has 3 aromatic carbocycles. The number of ether oxygens (including phenoxy) is 2. The van der Waals surface area contributed by atoms with Crippen LogP contribution in [-0.2, 0) is 0 Å². The van der Waals surface area contributed by atoms with Crippen molar-refractivity contribution in [1.82, 2.24) is 0 Å². The first-order valence-corrected chi connectivity index (χ1v) is 8.40. The average Bonchev–Trinajstić information content (AvgIpc) is 3.04. The van der Waals surface area contributed by atoms with Crippen molar-refractivity contribution in [3.05, 3.63) is 66.2 Å². The Morgan fingerprint density at radius 1 is 1.00 bits per heavy atom. The Labute approximate surface area is 158 Å². The molecule has 0 unspecified atom stereocenters. The van der Waals surface area contributed by atoms with E-state index in [1.165, 1.54) is 31.4 Å². The molecule has 0 fully saturated rings. The van der Waals surface area contributed by atoms with Gasteiger partial charge >= 0.3 is 6.61 Å². The third-order valence-electron chi connectivity index (χ3n) is 4.29. The van der Waals surface area contributed by atoms with Crippen LogP contribution in [0.2, 0.25) is 0 Å². The van der Waals surface area contributed by atoms with Gasteiger partial charge in [0.2, 0.25) is 0 Å². The molecule has 0 aliphatic carbocycles. The molecule has 7 heteroatoms. The zero-order valence-corrected chi connectivity index (χ0v) is 14.7. The quantitative estimate of drug-likeness (QED) is 0.498. The number of alkyl halides is 2. The second kappa shape index (κ2) is 7.19. The summed E-state index contributed by atoms with van der Waals surface area (Å²) in [5.41, 5.74) is 2.07. The SMILES string of the molecule is COc1cc2c(cc1NC(=O)c1ccc(OC(F)F)cc1)oc1ccccc12. The van der Waals surface area contributed by atoms with Crippen LogP contribution in [0.3, 0.4) is 0 Å². The Bertz CT molecular complexity index is 1150. The number of amides is 1. The Kier molecular flexibility index (Phi) is 4.57. The van der Waals surface area contributed by atoms with Crippen molar-refractivity contribution in [2.45, 2.75) is 6.61 Å². The molecule has 142 valence electrons. The summed E-state index contributed by atoms with van der Waals surface area (Å²) in [4.78, 5) is 12.5. The molecule has 0 atom stereocenters. The van der Waals surface area contributed by atoms with Crippen LogP contribution in [0.25, 0.3) is 21.9 Å². The van der Waals surface area contributed by atoms with Crippen molar-refractivity contribution in [3.63, 3.8) is 0 Å². The first-order valence-electron chi connectivity index (χ1n) is 8.40. The average molecular weight is 383 g/mol. The summed E-state index contributed by atoms with van der Waals surface area (Å²) in [6.45, 7) is -2.92. The molecule has 1 amide bonds. The fraction of sp³-hybridized carbons (Fsp3) is 0.0952. The number of fused-ring (bicyclic) bond motifs is 3. The number of carbonyl (C=O) groups is 1. The number of halogens is 2. The van der Waals surface area contributed by atoms with E-state index in [-0.39, 0.29) is 11.3 Å². The predicted octanol–water partition coefficient (Wildman–Crippen LogP) is 5.45.